The highest BCUT2D eigenvalue weighted by Crippen LogP contribution is 2.27. The van der Waals surface area contributed by atoms with E-state index in [4.69, 9.17) is 0 Å². The van der Waals surface area contributed by atoms with E-state index in [2.05, 4.69) is 28.6 Å². The minimum Gasteiger partial charge on any atom is -0.480 e. The first kappa shape index (κ1) is 23.5. The lowest BCUT2D eigenvalue weighted by Crippen LogP contribution is -2.41. The number of hydrogen-bond donors (Lipinski definition) is 5. The molecule has 2 aromatic rings. The predicted molar refractivity (Wildman–Crippen MR) is 131 cm³/mol. The third-order valence-corrected chi connectivity index (χ3v) is 6.66. The van der Waals surface area contributed by atoms with Crippen molar-refractivity contribution in [2.24, 2.45) is 0 Å². The molecule has 1 heterocycles. The molecule has 0 radical (unpaired) electrons. The van der Waals surface area contributed by atoms with Crippen molar-refractivity contribution in [3.8, 4) is 11.1 Å². The molecule has 1 aliphatic rings. The molecule has 6 nitrogen and oxygen atoms in total. The first-order valence-corrected chi connectivity index (χ1v) is 12.3. The molecule has 3 atom stereocenters. The number of rotatable bonds is 10. The number of amides is 1. The van der Waals surface area contributed by atoms with Gasteiger partial charge in [-0.2, -0.15) is 24.4 Å². The number of hydrogen-bond acceptors (Lipinski definition) is 6. The molecular formula is C23H29N3O3S2. The van der Waals surface area contributed by atoms with Gasteiger partial charge in [-0.15, -0.1) is 0 Å². The number of carbonyl (C=O) groups is 2. The van der Waals surface area contributed by atoms with E-state index in [-0.39, 0.29) is 11.9 Å². The molecule has 0 unspecified atom stereocenters. The van der Waals surface area contributed by atoms with E-state index < -0.39 is 12.0 Å². The zero-order valence-electron chi connectivity index (χ0n) is 17.5. The highest BCUT2D eigenvalue weighted by Gasteiger charge is 2.24. The smallest absolute Gasteiger partial charge is 0.326 e. The number of aliphatic carboxylic acids is 1. The Hall–Kier alpha value is -2.16. The van der Waals surface area contributed by atoms with Crippen molar-refractivity contribution in [2.45, 2.75) is 30.2 Å². The van der Waals surface area contributed by atoms with Crippen LogP contribution in [0.15, 0.2) is 48.5 Å². The number of benzene rings is 2. The van der Waals surface area contributed by atoms with Gasteiger partial charge >= 0.3 is 5.97 Å². The van der Waals surface area contributed by atoms with Crippen molar-refractivity contribution in [3.05, 3.63) is 54.1 Å². The highest BCUT2D eigenvalue weighted by molar-refractivity contribution is 7.98. The van der Waals surface area contributed by atoms with Crippen molar-refractivity contribution in [3.63, 3.8) is 0 Å². The van der Waals surface area contributed by atoms with Gasteiger partial charge in [0.25, 0.3) is 5.91 Å². The minimum absolute atomic E-state index is 0.261. The zero-order valence-corrected chi connectivity index (χ0v) is 19.2. The first-order chi connectivity index (χ1) is 15.0. The number of nitrogens with one attached hydrogen (secondary N) is 3. The summed E-state index contributed by atoms with van der Waals surface area (Å²) in [6, 6.07) is 14.6. The maximum absolute atomic E-state index is 13.1. The Morgan fingerprint density at radius 3 is 2.68 bits per heavy atom. The summed E-state index contributed by atoms with van der Waals surface area (Å²) in [5.41, 5.74) is 2.94. The van der Waals surface area contributed by atoms with E-state index in [1.54, 1.807) is 17.8 Å². The van der Waals surface area contributed by atoms with Crippen molar-refractivity contribution < 1.29 is 14.7 Å². The standard InChI is InChI=1S/C23H29N3O3S2/c1-31-12-10-19(23(28)29)26-22(27)18-13-16(25-14-20-21(30)9-11-24-20)7-8-17(18)15-5-3-2-4-6-15/h2-8,13,19-21,24-25,30H,9-12,14H2,1H3,(H,26,27)(H,28,29)/t19-,20+,21+/m0/s1. The summed E-state index contributed by atoms with van der Waals surface area (Å²) < 4.78 is 0. The maximum Gasteiger partial charge on any atom is 0.326 e. The van der Waals surface area contributed by atoms with Crippen LogP contribution in [0, 0.1) is 0 Å². The Kier molecular flexibility index (Phi) is 8.69. The molecule has 8 heteroatoms. The van der Waals surface area contributed by atoms with Crippen molar-refractivity contribution in [1.82, 2.24) is 10.6 Å². The molecule has 1 fully saturated rings. The van der Waals surface area contributed by atoms with Gasteiger partial charge in [0.05, 0.1) is 0 Å². The number of thioether (sulfide) groups is 1. The Morgan fingerprint density at radius 2 is 2.03 bits per heavy atom. The monoisotopic (exact) mass is 459 g/mol. The van der Waals surface area contributed by atoms with Crippen LogP contribution in [0.4, 0.5) is 5.69 Å². The molecule has 0 aromatic heterocycles. The van der Waals surface area contributed by atoms with Crippen LogP contribution in [0.5, 0.6) is 0 Å². The molecule has 2 aromatic carbocycles. The summed E-state index contributed by atoms with van der Waals surface area (Å²) in [5, 5.41) is 19.3. The SMILES string of the molecule is CSCC[C@H](NC(=O)c1cc(NC[C@H]2NCC[C@H]2S)ccc1-c1ccccc1)C(=O)O. The fourth-order valence-corrected chi connectivity index (χ4v) is 4.44. The van der Waals surface area contributed by atoms with Crippen molar-refractivity contribution >= 4 is 42.0 Å². The largest absolute Gasteiger partial charge is 0.480 e. The lowest BCUT2D eigenvalue weighted by atomic mass is 9.98. The van der Waals surface area contributed by atoms with E-state index in [9.17, 15) is 14.7 Å². The third-order valence-electron chi connectivity index (χ3n) is 5.40. The number of carboxylic acids is 1. The molecule has 31 heavy (non-hydrogen) atoms. The summed E-state index contributed by atoms with van der Waals surface area (Å²) in [7, 11) is 0. The molecule has 0 saturated carbocycles. The average Bonchev–Trinajstić information content (AvgIpc) is 3.20. The third kappa shape index (κ3) is 6.41. The Bertz CT molecular complexity index is 895. The summed E-state index contributed by atoms with van der Waals surface area (Å²) in [6.45, 7) is 1.65. The van der Waals surface area contributed by atoms with E-state index in [0.717, 1.165) is 29.8 Å². The van der Waals surface area contributed by atoms with Crippen molar-refractivity contribution in [2.75, 3.05) is 30.4 Å². The van der Waals surface area contributed by atoms with Crippen LogP contribution in [-0.2, 0) is 4.79 Å². The second-order valence-electron chi connectivity index (χ2n) is 7.57. The normalized spacial score (nSPS) is 19.0. The van der Waals surface area contributed by atoms with Crippen LogP contribution in [0.25, 0.3) is 11.1 Å². The Morgan fingerprint density at radius 1 is 1.26 bits per heavy atom. The lowest BCUT2D eigenvalue weighted by Gasteiger charge is -2.19. The van der Waals surface area contributed by atoms with Crippen molar-refractivity contribution in [1.29, 1.82) is 0 Å². The van der Waals surface area contributed by atoms with Crippen LogP contribution in [0.2, 0.25) is 0 Å². The Labute approximate surface area is 193 Å². The first-order valence-electron chi connectivity index (χ1n) is 10.4. The number of thiol groups is 1. The Balaban J connectivity index is 1.84. The molecule has 1 amide bonds. The van der Waals surface area contributed by atoms with Gasteiger partial charge < -0.3 is 21.1 Å². The average molecular weight is 460 g/mol. The second-order valence-corrected chi connectivity index (χ2v) is 9.22. The number of carbonyl (C=O) groups excluding carboxylic acids is 1. The molecular weight excluding hydrogens is 430 g/mol. The summed E-state index contributed by atoms with van der Waals surface area (Å²) in [4.78, 5) is 24.8. The van der Waals surface area contributed by atoms with E-state index in [1.807, 2.05) is 48.7 Å². The number of anilines is 1. The second kappa shape index (κ2) is 11.5. The summed E-state index contributed by atoms with van der Waals surface area (Å²) in [6.07, 6.45) is 3.32. The van der Waals surface area contributed by atoms with Gasteiger partial charge in [0, 0.05) is 29.1 Å². The van der Waals surface area contributed by atoms with Crippen LogP contribution >= 0.6 is 24.4 Å². The molecule has 0 bridgehead atoms. The highest BCUT2D eigenvalue weighted by atomic mass is 32.2. The quantitative estimate of drug-likeness (QED) is 0.350. The van der Waals surface area contributed by atoms with Gasteiger partial charge in [-0.3, -0.25) is 4.79 Å². The molecule has 1 saturated heterocycles. The maximum atomic E-state index is 13.1. The number of carboxylic acid groups (broad SMARTS) is 1. The van der Waals surface area contributed by atoms with Gasteiger partial charge in [0.2, 0.25) is 0 Å². The fourth-order valence-electron chi connectivity index (χ4n) is 3.63. The fraction of sp³-hybridized carbons (Fsp3) is 0.391. The van der Waals surface area contributed by atoms with Gasteiger partial charge in [-0.1, -0.05) is 36.4 Å². The molecule has 3 rings (SSSR count). The molecule has 1 aliphatic heterocycles. The predicted octanol–water partition coefficient (Wildman–Crippen LogP) is 3.36. The van der Waals surface area contributed by atoms with Crippen LogP contribution in [0.3, 0.4) is 0 Å². The van der Waals surface area contributed by atoms with E-state index >= 15 is 0 Å². The molecule has 0 aliphatic carbocycles. The molecule has 0 spiro atoms. The minimum atomic E-state index is -1.02. The van der Waals surface area contributed by atoms with E-state index in [1.165, 1.54) is 0 Å². The molecule has 4 N–H and O–H groups in total. The summed E-state index contributed by atoms with van der Waals surface area (Å²) in [5.74, 6) is -0.754. The topological polar surface area (TPSA) is 90.5 Å². The van der Waals surface area contributed by atoms with Gasteiger partial charge in [0.15, 0.2) is 0 Å². The van der Waals surface area contributed by atoms with Crippen LogP contribution in [-0.4, -0.2) is 59.4 Å². The van der Waals surface area contributed by atoms with E-state index in [0.29, 0.717) is 29.5 Å². The van der Waals surface area contributed by atoms with Crippen LogP contribution in [0.1, 0.15) is 23.2 Å². The van der Waals surface area contributed by atoms with Gasteiger partial charge in [-0.05, 0) is 54.7 Å². The van der Waals surface area contributed by atoms with Gasteiger partial charge in [-0.25, -0.2) is 4.79 Å². The summed E-state index contributed by atoms with van der Waals surface area (Å²) >= 11 is 6.17. The van der Waals surface area contributed by atoms with Gasteiger partial charge in [0.1, 0.15) is 6.04 Å². The van der Waals surface area contributed by atoms with Crippen LogP contribution < -0.4 is 16.0 Å². The molecule has 166 valence electrons. The zero-order chi connectivity index (χ0) is 22.2. The lowest BCUT2D eigenvalue weighted by molar-refractivity contribution is -0.139.